The van der Waals surface area contributed by atoms with Crippen LogP contribution in [0.3, 0.4) is 0 Å². The Labute approximate surface area is 105 Å². The number of halogens is 1. The first-order valence-corrected chi connectivity index (χ1v) is 5.56. The van der Waals surface area contributed by atoms with Crippen LogP contribution in [0.4, 0.5) is 0 Å². The van der Waals surface area contributed by atoms with E-state index in [2.05, 4.69) is 0 Å². The molecule has 3 heteroatoms. The largest absolute Gasteiger partial charge is 0.457 e. The fraction of sp³-hybridized carbons (Fsp3) is 0.0714. The summed E-state index contributed by atoms with van der Waals surface area (Å²) >= 11 is 5.81. The van der Waals surface area contributed by atoms with Crippen molar-refractivity contribution in [1.82, 2.24) is 0 Å². The van der Waals surface area contributed by atoms with E-state index in [1.807, 2.05) is 31.2 Å². The zero-order chi connectivity index (χ0) is 12.3. The summed E-state index contributed by atoms with van der Waals surface area (Å²) in [5.41, 5.74) is 1.54. The molecular weight excluding hydrogens is 236 g/mol. The number of aryl methyl sites for hydroxylation is 1. The molecule has 0 N–H and O–H groups in total. The van der Waals surface area contributed by atoms with Crippen molar-refractivity contribution in [3.05, 3.63) is 58.6 Å². The highest BCUT2D eigenvalue weighted by atomic mass is 35.5. The van der Waals surface area contributed by atoms with Crippen LogP contribution in [0.5, 0.6) is 11.5 Å². The van der Waals surface area contributed by atoms with E-state index in [1.165, 1.54) is 0 Å². The highest BCUT2D eigenvalue weighted by molar-refractivity contribution is 6.30. The lowest BCUT2D eigenvalue weighted by Gasteiger charge is -2.08. The molecule has 2 rings (SSSR count). The van der Waals surface area contributed by atoms with Crippen LogP contribution >= 0.6 is 11.6 Å². The van der Waals surface area contributed by atoms with Crippen LogP contribution in [0.1, 0.15) is 15.9 Å². The van der Waals surface area contributed by atoms with Crippen LogP contribution in [0.15, 0.2) is 42.5 Å². The molecule has 0 aliphatic heterocycles. The van der Waals surface area contributed by atoms with Crippen LogP contribution < -0.4 is 4.74 Å². The van der Waals surface area contributed by atoms with E-state index in [1.54, 1.807) is 18.2 Å². The van der Waals surface area contributed by atoms with Crippen LogP contribution in [-0.4, -0.2) is 6.29 Å². The van der Waals surface area contributed by atoms with Gasteiger partial charge in [0, 0.05) is 5.02 Å². The van der Waals surface area contributed by atoms with Gasteiger partial charge in [0.1, 0.15) is 11.5 Å². The van der Waals surface area contributed by atoms with E-state index in [4.69, 9.17) is 16.3 Å². The lowest BCUT2D eigenvalue weighted by molar-refractivity contribution is 0.112. The Morgan fingerprint density at radius 2 is 2.00 bits per heavy atom. The lowest BCUT2D eigenvalue weighted by Crippen LogP contribution is -1.90. The number of carbonyl (C=O) groups is 1. The van der Waals surface area contributed by atoms with Gasteiger partial charge in [-0.3, -0.25) is 4.79 Å². The smallest absolute Gasteiger partial charge is 0.153 e. The molecule has 0 bridgehead atoms. The second-order valence-electron chi connectivity index (χ2n) is 3.72. The molecule has 0 spiro atoms. The fourth-order valence-electron chi connectivity index (χ4n) is 1.51. The van der Waals surface area contributed by atoms with Gasteiger partial charge in [-0.2, -0.15) is 0 Å². The van der Waals surface area contributed by atoms with Crippen molar-refractivity contribution >= 4 is 17.9 Å². The number of hydrogen-bond donors (Lipinski definition) is 0. The molecule has 0 atom stereocenters. The molecule has 0 fully saturated rings. The first kappa shape index (κ1) is 11.7. The quantitative estimate of drug-likeness (QED) is 0.757. The molecule has 0 heterocycles. The maximum atomic E-state index is 10.9. The fourth-order valence-corrected chi connectivity index (χ4v) is 1.69. The van der Waals surface area contributed by atoms with Crippen LogP contribution in [0.2, 0.25) is 5.02 Å². The third-order valence-electron chi connectivity index (χ3n) is 2.32. The van der Waals surface area contributed by atoms with Gasteiger partial charge in [0.15, 0.2) is 6.29 Å². The zero-order valence-electron chi connectivity index (χ0n) is 9.31. The van der Waals surface area contributed by atoms with Gasteiger partial charge < -0.3 is 4.74 Å². The SMILES string of the molecule is Cc1cccc(Oc2ccc(Cl)cc2C=O)c1. The monoisotopic (exact) mass is 246 g/mol. The van der Waals surface area contributed by atoms with Crippen LogP contribution in [-0.2, 0) is 0 Å². The van der Waals surface area contributed by atoms with Gasteiger partial charge in [-0.1, -0.05) is 23.7 Å². The standard InChI is InChI=1S/C14H11ClO2/c1-10-3-2-4-13(7-10)17-14-6-5-12(15)8-11(14)9-16/h2-9H,1H3. The molecule has 2 aromatic carbocycles. The van der Waals surface area contributed by atoms with Gasteiger partial charge in [-0.05, 0) is 42.8 Å². The van der Waals surface area contributed by atoms with Crippen molar-refractivity contribution in [3.63, 3.8) is 0 Å². The molecule has 0 unspecified atom stereocenters. The summed E-state index contributed by atoms with van der Waals surface area (Å²) in [4.78, 5) is 10.9. The van der Waals surface area contributed by atoms with E-state index in [9.17, 15) is 4.79 Å². The summed E-state index contributed by atoms with van der Waals surface area (Å²) in [6.45, 7) is 1.98. The molecule has 0 saturated carbocycles. The Bertz CT molecular complexity index is 550. The number of benzene rings is 2. The molecular formula is C14H11ClO2. The third-order valence-corrected chi connectivity index (χ3v) is 2.55. The number of carbonyl (C=O) groups excluding carboxylic acids is 1. The second kappa shape index (κ2) is 5.02. The predicted molar refractivity (Wildman–Crippen MR) is 68.1 cm³/mol. The van der Waals surface area contributed by atoms with Crippen molar-refractivity contribution in [1.29, 1.82) is 0 Å². The zero-order valence-corrected chi connectivity index (χ0v) is 10.1. The van der Waals surface area contributed by atoms with Crippen LogP contribution in [0.25, 0.3) is 0 Å². The molecule has 0 radical (unpaired) electrons. The maximum absolute atomic E-state index is 10.9. The maximum Gasteiger partial charge on any atom is 0.153 e. The molecule has 0 amide bonds. The highest BCUT2D eigenvalue weighted by Gasteiger charge is 2.05. The predicted octanol–water partition coefficient (Wildman–Crippen LogP) is 4.25. The van der Waals surface area contributed by atoms with E-state index in [0.29, 0.717) is 22.1 Å². The third kappa shape index (κ3) is 2.86. The van der Waals surface area contributed by atoms with Gasteiger partial charge in [-0.25, -0.2) is 0 Å². The van der Waals surface area contributed by atoms with Crippen molar-refractivity contribution in [3.8, 4) is 11.5 Å². The number of rotatable bonds is 3. The van der Waals surface area contributed by atoms with E-state index in [0.717, 1.165) is 11.8 Å². The molecule has 86 valence electrons. The molecule has 0 aliphatic rings. The summed E-state index contributed by atoms with van der Waals surface area (Å²) < 4.78 is 5.65. The number of aldehydes is 1. The Morgan fingerprint density at radius 3 is 2.71 bits per heavy atom. The Kier molecular flexibility index (Phi) is 3.45. The average Bonchev–Trinajstić information content (AvgIpc) is 2.31. The average molecular weight is 247 g/mol. The van der Waals surface area contributed by atoms with Crippen molar-refractivity contribution in [2.45, 2.75) is 6.92 Å². The van der Waals surface area contributed by atoms with Gasteiger partial charge in [0.05, 0.1) is 5.56 Å². The normalized spacial score (nSPS) is 10.0. The molecule has 17 heavy (non-hydrogen) atoms. The summed E-state index contributed by atoms with van der Waals surface area (Å²) in [6, 6.07) is 12.6. The van der Waals surface area contributed by atoms with Crippen molar-refractivity contribution in [2.24, 2.45) is 0 Å². The minimum absolute atomic E-state index is 0.444. The summed E-state index contributed by atoms with van der Waals surface area (Å²) in [7, 11) is 0. The minimum atomic E-state index is 0.444. The van der Waals surface area contributed by atoms with Gasteiger partial charge >= 0.3 is 0 Å². The molecule has 0 saturated heterocycles. The lowest BCUT2D eigenvalue weighted by atomic mass is 10.2. The first-order chi connectivity index (χ1) is 8.19. The second-order valence-corrected chi connectivity index (χ2v) is 4.16. The molecule has 0 aliphatic carbocycles. The summed E-state index contributed by atoms with van der Waals surface area (Å²) in [6.07, 6.45) is 0.733. The van der Waals surface area contributed by atoms with Crippen molar-refractivity contribution < 1.29 is 9.53 Å². The Hall–Kier alpha value is -1.80. The van der Waals surface area contributed by atoms with Gasteiger partial charge in [-0.15, -0.1) is 0 Å². The van der Waals surface area contributed by atoms with E-state index >= 15 is 0 Å². The van der Waals surface area contributed by atoms with Crippen molar-refractivity contribution in [2.75, 3.05) is 0 Å². The Morgan fingerprint density at radius 1 is 1.18 bits per heavy atom. The highest BCUT2D eigenvalue weighted by Crippen LogP contribution is 2.27. The first-order valence-electron chi connectivity index (χ1n) is 5.18. The molecule has 0 aromatic heterocycles. The van der Waals surface area contributed by atoms with Gasteiger partial charge in [0.2, 0.25) is 0 Å². The molecule has 2 nitrogen and oxygen atoms in total. The summed E-state index contributed by atoms with van der Waals surface area (Å²) in [5.74, 6) is 1.21. The minimum Gasteiger partial charge on any atom is -0.457 e. The van der Waals surface area contributed by atoms with Crippen LogP contribution in [0, 0.1) is 6.92 Å². The van der Waals surface area contributed by atoms with E-state index < -0.39 is 0 Å². The number of hydrogen-bond acceptors (Lipinski definition) is 2. The summed E-state index contributed by atoms with van der Waals surface area (Å²) in [5, 5.41) is 0.517. The van der Waals surface area contributed by atoms with Gasteiger partial charge in [0.25, 0.3) is 0 Å². The topological polar surface area (TPSA) is 26.3 Å². The van der Waals surface area contributed by atoms with E-state index in [-0.39, 0.29) is 0 Å². The number of ether oxygens (including phenoxy) is 1. The Balaban J connectivity index is 2.32. The molecule has 2 aromatic rings.